The van der Waals surface area contributed by atoms with E-state index in [9.17, 15) is 9.18 Å². The number of hydrogen-bond donors (Lipinski definition) is 0. The van der Waals surface area contributed by atoms with Crippen molar-refractivity contribution < 1.29 is 13.9 Å². The van der Waals surface area contributed by atoms with Gasteiger partial charge in [-0.2, -0.15) is 0 Å². The van der Waals surface area contributed by atoms with Crippen molar-refractivity contribution in [3.63, 3.8) is 0 Å². The molecule has 1 aromatic carbocycles. The first kappa shape index (κ1) is 11.3. The second-order valence-electron chi connectivity index (χ2n) is 3.15. The van der Waals surface area contributed by atoms with Crippen molar-refractivity contribution in [1.29, 1.82) is 0 Å². The molecule has 0 heterocycles. The summed E-state index contributed by atoms with van der Waals surface area (Å²) in [5.41, 5.74) is 0.639. The van der Waals surface area contributed by atoms with Crippen LogP contribution >= 0.6 is 0 Å². The number of ketones is 1. The molecule has 0 saturated heterocycles. The molecule has 0 unspecified atom stereocenters. The topological polar surface area (TPSA) is 26.3 Å². The fourth-order valence-corrected chi connectivity index (χ4v) is 1.17. The van der Waals surface area contributed by atoms with Crippen LogP contribution in [0.5, 0.6) is 5.75 Å². The molecule has 0 aliphatic rings. The first-order valence-corrected chi connectivity index (χ1v) is 4.43. The number of benzene rings is 1. The van der Waals surface area contributed by atoms with Crippen molar-refractivity contribution in [1.82, 2.24) is 0 Å². The normalized spacial score (nSPS) is 9.47. The lowest BCUT2D eigenvalue weighted by Crippen LogP contribution is -2.03. The molecular formula is C12H11FO2. The van der Waals surface area contributed by atoms with E-state index in [2.05, 4.69) is 5.92 Å². The monoisotopic (exact) mass is 206 g/mol. The van der Waals surface area contributed by atoms with Gasteiger partial charge in [-0.25, -0.2) is 4.39 Å². The highest BCUT2D eigenvalue weighted by atomic mass is 19.1. The van der Waals surface area contributed by atoms with Crippen LogP contribution in [0, 0.1) is 25.1 Å². The summed E-state index contributed by atoms with van der Waals surface area (Å²) >= 11 is 0. The Morgan fingerprint density at radius 1 is 1.60 bits per heavy atom. The van der Waals surface area contributed by atoms with Crippen LogP contribution in [-0.4, -0.2) is 12.4 Å². The molecule has 15 heavy (non-hydrogen) atoms. The standard InChI is InChI=1S/C12H11FO2/c1-4-5-15-12-6-8(2)11(13)7-10(12)9(3)14/h1,6-7H,5H2,2-3H3. The summed E-state index contributed by atoms with van der Waals surface area (Å²) in [6.45, 7) is 3.01. The number of aryl methyl sites for hydroxylation is 1. The quantitative estimate of drug-likeness (QED) is 0.560. The fraction of sp³-hybridized carbons (Fsp3) is 0.250. The third-order valence-electron chi connectivity index (χ3n) is 1.95. The van der Waals surface area contributed by atoms with E-state index in [1.165, 1.54) is 19.1 Å². The van der Waals surface area contributed by atoms with Gasteiger partial charge in [0.1, 0.15) is 18.2 Å². The van der Waals surface area contributed by atoms with Gasteiger partial charge in [-0.05, 0) is 31.5 Å². The third kappa shape index (κ3) is 2.57. The van der Waals surface area contributed by atoms with E-state index in [4.69, 9.17) is 11.2 Å². The number of rotatable bonds is 3. The summed E-state index contributed by atoms with van der Waals surface area (Å²) in [5.74, 6) is 1.95. The predicted molar refractivity (Wildman–Crippen MR) is 55.5 cm³/mol. The van der Waals surface area contributed by atoms with E-state index < -0.39 is 5.82 Å². The highest BCUT2D eigenvalue weighted by molar-refractivity contribution is 5.96. The van der Waals surface area contributed by atoms with Gasteiger partial charge in [0.15, 0.2) is 5.78 Å². The van der Waals surface area contributed by atoms with Crippen molar-refractivity contribution in [2.45, 2.75) is 13.8 Å². The fourth-order valence-electron chi connectivity index (χ4n) is 1.17. The average Bonchev–Trinajstić information content (AvgIpc) is 2.19. The predicted octanol–water partition coefficient (Wildman–Crippen LogP) is 2.35. The highest BCUT2D eigenvalue weighted by Crippen LogP contribution is 2.23. The van der Waals surface area contributed by atoms with Crippen LogP contribution in [0.4, 0.5) is 4.39 Å². The molecule has 1 rings (SSSR count). The molecule has 0 radical (unpaired) electrons. The number of ether oxygens (including phenoxy) is 1. The molecule has 0 amide bonds. The molecule has 78 valence electrons. The number of hydrogen-bond acceptors (Lipinski definition) is 2. The molecule has 2 nitrogen and oxygen atoms in total. The summed E-state index contributed by atoms with van der Waals surface area (Å²) in [4.78, 5) is 11.2. The Morgan fingerprint density at radius 3 is 2.80 bits per heavy atom. The van der Waals surface area contributed by atoms with E-state index in [0.29, 0.717) is 11.3 Å². The maximum Gasteiger partial charge on any atom is 0.163 e. The second-order valence-corrected chi connectivity index (χ2v) is 3.15. The van der Waals surface area contributed by atoms with Crippen LogP contribution in [-0.2, 0) is 0 Å². The van der Waals surface area contributed by atoms with Crippen molar-refractivity contribution in [3.05, 3.63) is 29.1 Å². The molecule has 0 atom stereocenters. The first-order chi connectivity index (χ1) is 7.06. The number of terminal acetylenes is 1. The molecule has 0 aliphatic heterocycles. The maximum atomic E-state index is 13.2. The zero-order valence-corrected chi connectivity index (χ0v) is 8.63. The molecule has 0 aromatic heterocycles. The van der Waals surface area contributed by atoms with E-state index in [-0.39, 0.29) is 18.0 Å². The van der Waals surface area contributed by atoms with E-state index in [1.807, 2.05) is 0 Å². The Hall–Kier alpha value is -1.82. The second kappa shape index (κ2) is 4.61. The van der Waals surface area contributed by atoms with Gasteiger partial charge in [0.25, 0.3) is 0 Å². The van der Waals surface area contributed by atoms with Gasteiger partial charge in [0.2, 0.25) is 0 Å². The highest BCUT2D eigenvalue weighted by Gasteiger charge is 2.11. The maximum absolute atomic E-state index is 13.2. The summed E-state index contributed by atoms with van der Waals surface area (Å²) in [6.07, 6.45) is 5.04. The number of carbonyl (C=O) groups is 1. The summed E-state index contributed by atoms with van der Waals surface area (Å²) < 4.78 is 18.4. The number of carbonyl (C=O) groups excluding carboxylic acids is 1. The van der Waals surface area contributed by atoms with Crippen LogP contribution in [0.15, 0.2) is 12.1 Å². The largest absolute Gasteiger partial charge is 0.480 e. The lowest BCUT2D eigenvalue weighted by molar-refractivity contribution is 0.101. The van der Waals surface area contributed by atoms with E-state index >= 15 is 0 Å². The van der Waals surface area contributed by atoms with Crippen LogP contribution in [0.3, 0.4) is 0 Å². The van der Waals surface area contributed by atoms with Gasteiger partial charge < -0.3 is 4.74 Å². The SMILES string of the molecule is C#CCOc1cc(C)c(F)cc1C(C)=O. The minimum absolute atomic E-state index is 0.0609. The Labute approximate surface area is 88.1 Å². The summed E-state index contributed by atoms with van der Waals surface area (Å²) in [5, 5.41) is 0. The Kier molecular flexibility index (Phi) is 3.46. The molecule has 3 heteroatoms. The third-order valence-corrected chi connectivity index (χ3v) is 1.95. The van der Waals surface area contributed by atoms with Crippen LogP contribution in [0.25, 0.3) is 0 Å². The van der Waals surface area contributed by atoms with Crippen LogP contribution < -0.4 is 4.74 Å². The van der Waals surface area contributed by atoms with Crippen molar-refractivity contribution >= 4 is 5.78 Å². The lowest BCUT2D eigenvalue weighted by atomic mass is 10.1. The van der Waals surface area contributed by atoms with Gasteiger partial charge in [-0.15, -0.1) is 6.42 Å². The Balaban J connectivity index is 3.17. The van der Waals surface area contributed by atoms with Gasteiger partial charge >= 0.3 is 0 Å². The Morgan fingerprint density at radius 2 is 2.27 bits per heavy atom. The van der Waals surface area contributed by atoms with E-state index in [0.717, 1.165) is 0 Å². The van der Waals surface area contributed by atoms with Gasteiger partial charge in [0, 0.05) is 0 Å². The summed E-state index contributed by atoms with van der Waals surface area (Å²) in [6, 6.07) is 2.65. The zero-order chi connectivity index (χ0) is 11.4. The minimum Gasteiger partial charge on any atom is -0.480 e. The van der Waals surface area contributed by atoms with Gasteiger partial charge in [-0.1, -0.05) is 5.92 Å². The molecule has 0 saturated carbocycles. The molecule has 0 N–H and O–H groups in total. The molecule has 0 bridgehead atoms. The van der Waals surface area contributed by atoms with Gasteiger partial charge in [0.05, 0.1) is 5.56 Å². The van der Waals surface area contributed by atoms with Crippen LogP contribution in [0.2, 0.25) is 0 Å². The average molecular weight is 206 g/mol. The molecule has 0 fully saturated rings. The Bertz CT molecular complexity index is 430. The molecule has 1 aromatic rings. The molecule has 0 aliphatic carbocycles. The number of Topliss-reactive ketones (excluding diaryl/α,β-unsaturated/α-hetero) is 1. The van der Waals surface area contributed by atoms with Gasteiger partial charge in [-0.3, -0.25) is 4.79 Å². The zero-order valence-electron chi connectivity index (χ0n) is 8.63. The lowest BCUT2D eigenvalue weighted by Gasteiger charge is -2.08. The van der Waals surface area contributed by atoms with Crippen molar-refractivity contribution in [3.8, 4) is 18.1 Å². The minimum atomic E-state index is -0.423. The smallest absolute Gasteiger partial charge is 0.163 e. The first-order valence-electron chi connectivity index (χ1n) is 4.43. The van der Waals surface area contributed by atoms with Crippen molar-refractivity contribution in [2.24, 2.45) is 0 Å². The van der Waals surface area contributed by atoms with Crippen molar-refractivity contribution in [2.75, 3.05) is 6.61 Å². The molecule has 0 spiro atoms. The summed E-state index contributed by atoms with van der Waals surface area (Å²) in [7, 11) is 0. The molecular weight excluding hydrogens is 195 g/mol. The van der Waals surface area contributed by atoms with E-state index in [1.54, 1.807) is 6.92 Å². The van der Waals surface area contributed by atoms with Crippen LogP contribution in [0.1, 0.15) is 22.8 Å². The number of halogens is 1.